The molecule has 120 valence electrons. The van der Waals surface area contributed by atoms with Crippen LogP contribution in [0.3, 0.4) is 0 Å². The lowest BCUT2D eigenvalue weighted by atomic mass is 10.1. The summed E-state index contributed by atoms with van der Waals surface area (Å²) in [6, 6.07) is -0.695. The fourth-order valence-electron chi connectivity index (χ4n) is 2.95. The summed E-state index contributed by atoms with van der Waals surface area (Å²) in [7, 11) is 1.71. The molecule has 3 heterocycles. The van der Waals surface area contributed by atoms with Crippen molar-refractivity contribution >= 4 is 11.9 Å². The van der Waals surface area contributed by atoms with Gasteiger partial charge < -0.3 is 20.1 Å². The largest absolute Gasteiger partial charge is 0.354 e. The predicted molar refractivity (Wildman–Crippen MR) is 79.0 cm³/mol. The van der Waals surface area contributed by atoms with Crippen LogP contribution in [0.5, 0.6) is 0 Å². The minimum atomic E-state index is -0.443. The Bertz CT molecular complexity index is 570. The Balaban J connectivity index is 1.58. The van der Waals surface area contributed by atoms with E-state index in [1.807, 2.05) is 0 Å². The van der Waals surface area contributed by atoms with Crippen LogP contribution in [-0.2, 0) is 24.3 Å². The van der Waals surface area contributed by atoms with Crippen LogP contribution in [0.15, 0.2) is 0 Å². The number of amides is 3. The van der Waals surface area contributed by atoms with Gasteiger partial charge in [-0.1, -0.05) is 0 Å². The average Bonchev–Trinajstić information content (AvgIpc) is 3.04. The van der Waals surface area contributed by atoms with Gasteiger partial charge in [-0.15, -0.1) is 10.2 Å². The maximum Gasteiger partial charge on any atom is 0.318 e. The molecule has 2 aliphatic rings. The van der Waals surface area contributed by atoms with E-state index in [1.54, 1.807) is 11.9 Å². The highest BCUT2D eigenvalue weighted by molar-refractivity contribution is 5.87. The Morgan fingerprint density at radius 3 is 3.14 bits per heavy atom. The van der Waals surface area contributed by atoms with E-state index < -0.39 is 6.04 Å². The van der Waals surface area contributed by atoms with Gasteiger partial charge in [0.2, 0.25) is 5.91 Å². The van der Waals surface area contributed by atoms with Gasteiger partial charge in [-0.05, 0) is 25.7 Å². The van der Waals surface area contributed by atoms with Crippen LogP contribution in [0.4, 0.5) is 4.79 Å². The van der Waals surface area contributed by atoms with E-state index >= 15 is 0 Å². The van der Waals surface area contributed by atoms with Crippen molar-refractivity contribution in [3.63, 3.8) is 0 Å². The molecule has 1 fully saturated rings. The van der Waals surface area contributed by atoms with Crippen molar-refractivity contribution in [3.05, 3.63) is 11.6 Å². The van der Waals surface area contributed by atoms with Crippen LogP contribution < -0.4 is 10.6 Å². The number of hydrogen-bond acceptors (Lipinski definition) is 4. The van der Waals surface area contributed by atoms with Crippen molar-refractivity contribution in [2.24, 2.45) is 0 Å². The van der Waals surface area contributed by atoms with Gasteiger partial charge >= 0.3 is 6.03 Å². The first-order valence-corrected chi connectivity index (χ1v) is 7.85. The fourth-order valence-corrected chi connectivity index (χ4v) is 2.95. The Morgan fingerprint density at radius 2 is 2.27 bits per heavy atom. The van der Waals surface area contributed by atoms with Crippen molar-refractivity contribution in [1.29, 1.82) is 0 Å². The van der Waals surface area contributed by atoms with Crippen molar-refractivity contribution < 1.29 is 9.59 Å². The molecule has 1 atom stereocenters. The molecule has 2 N–H and O–H groups in total. The van der Waals surface area contributed by atoms with Gasteiger partial charge in [0.25, 0.3) is 0 Å². The molecule has 3 rings (SSSR count). The second-order valence-corrected chi connectivity index (χ2v) is 5.93. The molecule has 1 saturated heterocycles. The van der Waals surface area contributed by atoms with Crippen molar-refractivity contribution in [2.75, 3.05) is 13.6 Å². The number of nitrogens with one attached hydrogen (secondary N) is 2. The third-order valence-corrected chi connectivity index (χ3v) is 4.24. The normalized spacial score (nSPS) is 21.0. The van der Waals surface area contributed by atoms with Crippen molar-refractivity contribution in [2.45, 2.75) is 51.2 Å². The second-order valence-electron chi connectivity index (χ2n) is 5.93. The molecule has 1 aromatic rings. The van der Waals surface area contributed by atoms with Gasteiger partial charge in [0.15, 0.2) is 5.82 Å². The number of fused-ring (bicyclic) bond motifs is 1. The molecule has 3 amide bonds. The Labute approximate surface area is 129 Å². The average molecular weight is 306 g/mol. The lowest BCUT2D eigenvalue weighted by Crippen LogP contribution is -2.49. The zero-order valence-electron chi connectivity index (χ0n) is 12.8. The molecule has 2 aliphatic heterocycles. The first-order chi connectivity index (χ1) is 10.6. The fraction of sp³-hybridized carbons (Fsp3) is 0.714. The van der Waals surface area contributed by atoms with Crippen LogP contribution >= 0.6 is 0 Å². The van der Waals surface area contributed by atoms with Crippen molar-refractivity contribution in [3.8, 4) is 0 Å². The molecule has 0 saturated carbocycles. The molecule has 0 bridgehead atoms. The summed E-state index contributed by atoms with van der Waals surface area (Å²) < 4.78 is 2.07. The number of carbonyl (C=O) groups is 2. The highest BCUT2D eigenvalue weighted by atomic mass is 16.2. The van der Waals surface area contributed by atoms with Gasteiger partial charge in [-0.25, -0.2) is 4.79 Å². The number of urea groups is 1. The minimum absolute atomic E-state index is 0.0948. The van der Waals surface area contributed by atoms with Crippen molar-refractivity contribution in [1.82, 2.24) is 30.3 Å². The Hall–Kier alpha value is -2.12. The van der Waals surface area contributed by atoms with Crippen LogP contribution in [-0.4, -0.2) is 51.2 Å². The summed E-state index contributed by atoms with van der Waals surface area (Å²) >= 11 is 0. The predicted octanol–water partition coefficient (Wildman–Crippen LogP) is 0.0344. The van der Waals surface area contributed by atoms with Crippen LogP contribution in [0.2, 0.25) is 0 Å². The SMILES string of the molecule is CN(Cc1nnc2n1CCC2)C(=O)N[C@H]1CCCCNC1=O. The Kier molecular flexibility index (Phi) is 4.26. The first-order valence-electron chi connectivity index (χ1n) is 7.85. The van der Waals surface area contributed by atoms with E-state index in [-0.39, 0.29) is 11.9 Å². The summed E-state index contributed by atoms with van der Waals surface area (Å²) in [6.07, 6.45) is 4.61. The Morgan fingerprint density at radius 1 is 1.41 bits per heavy atom. The highest BCUT2D eigenvalue weighted by Crippen LogP contribution is 2.15. The molecular formula is C14H22N6O2. The van der Waals surface area contributed by atoms with E-state index in [9.17, 15) is 9.59 Å². The van der Waals surface area contributed by atoms with Gasteiger partial charge in [0.05, 0.1) is 6.54 Å². The summed E-state index contributed by atoms with van der Waals surface area (Å²) in [5, 5.41) is 13.9. The zero-order valence-corrected chi connectivity index (χ0v) is 12.8. The minimum Gasteiger partial charge on any atom is -0.354 e. The molecule has 0 aliphatic carbocycles. The number of aryl methyl sites for hydroxylation is 1. The van der Waals surface area contributed by atoms with Gasteiger partial charge in [0, 0.05) is 26.6 Å². The summed E-state index contributed by atoms with van der Waals surface area (Å²) in [5.74, 6) is 1.70. The summed E-state index contributed by atoms with van der Waals surface area (Å²) in [6.45, 7) is 2.00. The molecular weight excluding hydrogens is 284 g/mol. The lowest BCUT2D eigenvalue weighted by molar-refractivity contribution is -0.122. The summed E-state index contributed by atoms with van der Waals surface area (Å²) in [4.78, 5) is 25.7. The van der Waals surface area contributed by atoms with E-state index in [1.165, 1.54) is 0 Å². The quantitative estimate of drug-likeness (QED) is 0.824. The van der Waals surface area contributed by atoms with Gasteiger partial charge in [-0.2, -0.15) is 0 Å². The van der Waals surface area contributed by atoms with Crippen LogP contribution in [0.25, 0.3) is 0 Å². The second kappa shape index (κ2) is 6.33. The van der Waals surface area contributed by atoms with E-state index in [4.69, 9.17) is 0 Å². The lowest BCUT2D eigenvalue weighted by Gasteiger charge is -2.21. The third kappa shape index (κ3) is 3.05. The van der Waals surface area contributed by atoms with Gasteiger partial charge in [-0.3, -0.25) is 4.79 Å². The maximum atomic E-state index is 12.3. The maximum absolute atomic E-state index is 12.3. The van der Waals surface area contributed by atoms with Crippen LogP contribution in [0.1, 0.15) is 37.3 Å². The monoisotopic (exact) mass is 306 g/mol. The molecule has 8 nitrogen and oxygen atoms in total. The summed E-state index contributed by atoms with van der Waals surface area (Å²) in [5.41, 5.74) is 0. The molecule has 0 unspecified atom stereocenters. The van der Waals surface area contributed by atoms with E-state index in [2.05, 4.69) is 25.4 Å². The molecule has 22 heavy (non-hydrogen) atoms. The molecule has 0 radical (unpaired) electrons. The molecule has 0 spiro atoms. The zero-order chi connectivity index (χ0) is 15.5. The smallest absolute Gasteiger partial charge is 0.318 e. The van der Waals surface area contributed by atoms with E-state index in [0.717, 1.165) is 43.9 Å². The van der Waals surface area contributed by atoms with Crippen LogP contribution in [0, 0.1) is 0 Å². The number of rotatable bonds is 3. The molecule has 0 aromatic carbocycles. The topological polar surface area (TPSA) is 92.2 Å². The van der Waals surface area contributed by atoms with Gasteiger partial charge in [0.1, 0.15) is 11.9 Å². The number of carbonyl (C=O) groups excluding carboxylic acids is 2. The number of nitrogens with zero attached hydrogens (tertiary/aromatic N) is 4. The number of aromatic nitrogens is 3. The number of hydrogen-bond donors (Lipinski definition) is 2. The van der Waals surface area contributed by atoms with E-state index in [0.29, 0.717) is 19.5 Å². The first kappa shape index (κ1) is 14.8. The standard InChI is InChI=1S/C14H22N6O2/c1-19(9-12-18-17-11-6-4-8-20(11)12)14(22)16-10-5-2-3-7-15-13(10)21/h10H,2-9H2,1H3,(H,15,21)(H,16,22)/t10-/m0/s1. The highest BCUT2D eigenvalue weighted by Gasteiger charge is 2.25. The molecule has 8 heteroatoms. The molecule has 1 aromatic heterocycles. The third-order valence-electron chi connectivity index (χ3n) is 4.24.